The third kappa shape index (κ3) is 5.32. The molecule has 3 rings (SSSR count). The molecule has 0 radical (unpaired) electrons. The largest absolute Gasteiger partial charge is 0.493 e. The zero-order valence-electron chi connectivity index (χ0n) is 18.1. The van der Waals surface area contributed by atoms with E-state index in [-0.39, 0.29) is 11.2 Å². The van der Waals surface area contributed by atoms with Gasteiger partial charge in [0.15, 0.2) is 11.5 Å². The van der Waals surface area contributed by atoms with Crippen molar-refractivity contribution in [2.24, 2.45) is 0 Å². The first kappa shape index (κ1) is 22.6. The monoisotopic (exact) mass is 441 g/mol. The van der Waals surface area contributed by atoms with Crippen LogP contribution in [0.4, 0.5) is 0 Å². The second-order valence-corrected chi connectivity index (χ2v) is 8.90. The van der Waals surface area contributed by atoms with Crippen LogP contribution in [0.25, 0.3) is 16.9 Å². The van der Waals surface area contributed by atoms with Crippen LogP contribution in [-0.4, -0.2) is 52.2 Å². The molecular weight excluding hydrogens is 414 g/mol. The fourth-order valence-corrected chi connectivity index (χ4v) is 3.55. The number of nitrogens with one attached hydrogen (secondary N) is 1. The molecule has 0 spiro atoms. The molecule has 0 aliphatic heterocycles. The van der Waals surface area contributed by atoms with Gasteiger partial charge in [-0.05, 0) is 36.8 Å². The zero-order chi connectivity index (χ0) is 22.4. The lowest BCUT2D eigenvalue weighted by molar-refractivity contribution is 0.0954. The average Bonchev–Trinajstić information content (AvgIpc) is 3.24. The van der Waals surface area contributed by atoms with E-state index in [2.05, 4.69) is 10.4 Å². The lowest BCUT2D eigenvalue weighted by Gasteiger charge is -2.10. The van der Waals surface area contributed by atoms with E-state index < -0.39 is 10.8 Å². The summed E-state index contributed by atoms with van der Waals surface area (Å²) in [5, 5.41) is 7.62. The van der Waals surface area contributed by atoms with Crippen molar-refractivity contribution in [3.63, 3.8) is 0 Å². The summed E-state index contributed by atoms with van der Waals surface area (Å²) in [6.07, 6.45) is 4.02. The highest BCUT2D eigenvalue weighted by atomic mass is 32.2. The molecule has 164 valence electrons. The number of carbonyl (C=O) groups excluding carboxylic acids is 1. The van der Waals surface area contributed by atoms with Crippen molar-refractivity contribution in [2.75, 3.05) is 27.0 Å². The van der Waals surface area contributed by atoms with Gasteiger partial charge in [0.05, 0.1) is 25.5 Å². The predicted octanol–water partition coefficient (Wildman–Crippen LogP) is 3.44. The number of benzene rings is 2. The quantitative estimate of drug-likeness (QED) is 0.550. The Balaban J connectivity index is 1.96. The summed E-state index contributed by atoms with van der Waals surface area (Å²) in [5.74, 6) is 0.919. The molecule has 2 aromatic carbocycles. The number of methoxy groups -OCH3 is 2. The molecule has 1 aromatic heterocycles. The number of nitrogens with zero attached hydrogens (tertiary/aromatic N) is 2. The van der Waals surface area contributed by atoms with Crippen LogP contribution in [0.5, 0.6) is 11.5 Å². The van der Waals surface area contributed by atoms with E-state index in [1.54, 1.807) is 43.5 Å². The summed E-state index contributed by atoms with van der Waals surface area (Å²) in [6, 6.07) is 15.0. The number of carbonyl (C=O) groups is 1. The SMILES string of the molecule is COc1ccc(-c2nn(-c3ccccc3)cc2C(=O)NCC[C@@H](C)[S@@](C)=O)cc1OC. The second kappa shape index (κ2) is 10.3. The van der Waals surface area contributed by atoms with E-state index in [9.17, 15) is 9.00 Å². The molecule has 1 N–H and O–H groups in total. The molecule has 0 fully saturated rings. The lowest BCUT2D eigenvalue weighted by Crippen LogP contribution is -2.27. The van der Waals surface area contributed by atoms with Crippen molar-refractivity contribution in [2.45, 2.75) is 18.6 Å². The Morgan fingerprint density at radius 1 is 1.13 bits per heavy atom. The Morgan fingerprint density at radius 2 is 1.84 bits per heavy atom. The van der Waals surface area contributed by atoms with Crippen molar-refractivity contribution in [1.82, 2.24) is 15.1 Å². The van der Waals surface area contributed by atoms with Gasteiger partial charge in [-0.15, -0.1) is 0 Å². The number of rotatable bonds is 9. The molecule has 2 atom stereocenters. The summed E-state index contributed by atoms with van der Waals surface area (Å²) in [4.78, 5) is 13.0. The van der Waals surface area contributed by atoms with Gasteiger partial charge in [0.1, 0.15) is 5.69 Å². The van der Waals surface area contributed by atoms with Crippen molar-refractivity contribution >= 4 is 16.7 Å². The summed E-state index contributed by atoms with van der Waals surface area (Å²) >= 11 is 0. The van der Waals surface area contributed by atoms with Gasteiger partial charge in [-0.2, -0.15) is 5.10 Å². The van der Waals surface area contributed by atoms with Crippen LogP contribution in [0.1, 0.15) is 23.7 Å². The zero-order valence-corrected chi connectivity index (χ0v) is 18.9. The summed E-state index contributed by atoms with van der Waals surface area (Å²) in [5.41, 5.74) is 2.56. The van der Waals surface area contributed by atoms with Crippen LogP contribution in [0.3, 0.4) is 0 Å². The number of hydrogen-bond acceptors (Lipinski definition) is 5. The first-order chi connectivity index (χ1) is 14.9. The molecule has 0 aliphatic rings. The maximum absolute atomic E-state index is 13.0. The van der Waals surface area contributed by atoms with Gasteiger partial charge < -0.3 is 14.8 Å². The van der Waals surface area contributed by atoms with Crippen LogP contribution in [0.15, 0.2) is 54.7 Å². The Morgan fingerprint density at radius 3 is 2.48 bits per heavy atom. The van der Waals surface area contributed by atoms with Gasteiger partial charge in [0, 0.05) is 40.6 Å². The molecule has 0 saturated carbocycles. The maximum Gasteiger partial charge on any atom is 0.255 e. The van der Waals surface area contributed by atoms with Gasteiger partial charge >= 0.3 is 0 Å². The van der Waals surface area contributed by atoms with Crippen LogP contribution >= 0.6 is 0 Å². The van der Waals surface area contributed by atoms with Gasteiger partial charge in [-0.25, -0.2) is 4.68 Å². The van der Waals surface area contributed by atoms with Gasteiger partial charge in [-0.1, -0.05) is 25.1 Å². The molecule has 1 heterocycles. The molecule has 0 aliphatic carbocycles. The third-order valence-corrected chi connectivity index (χ3v) is 6.41. The van der Waals surface area contributed by atoms with E-state index in [0.29, 0.717) is 35.7 Å². The Hall–Kier alpha value is -3.13. The van der Waals surface area contributed by atoms with E-state index in [1.807, 2.05) is 43.3 Å². The van der Waals surface area contributed by atoms with Crippen molar-refractivity contribution in [3.8, 4) is 28.4 Å². The maximum atomic E-state index is 13.0. The highest BCUT2D eigenvalue weighted by Crippen LogP contribution is 2.33. The smallest absolute Gasteiger partial charge is 0.255 e. The Bertz CT molecular complexity index is 1070. The summed E-state index contributed by atoms with van der Waals surface area (Å²) < 4.78 is 24.0. The van der Waals surface area contributed by atoms with E-state index >= 15 is 0 Å². The Labute approximate surface area is 184 Å². The highest BCUT2D eigenvalue weighted by molar-refractivity contribution is 7.84. The van der Waals surface area contributed by atoms with Gasteiger partial charge in [-0.3, -0.25) is 9.00 Å². The normalized spacial score (nSPS) is 12.8. The number of hydrogen-bond donors (Lipinski definition) is 1. The van der Waals surface area contributed by atoms with E-state index in [0.717, 1.165) is 11.3 Å². The number of para-hydroxylation sites is 1. The average molecular weight is 442 g/mol. The highest BCUT2D eigenvalue weighted by Gasteiger charge is 2.20. The van der Waals surface area contributed by atoms with Crippen LogP contribution in [0, 0.1) is 0 Å². The first-order valence-electron chi connectivity index (χ1n) is 9.92. The van der Waals surface area contributed by atoms with E-state index in [4.69, 9.17) is 9.47 Å². The molecule has 0 saturated heterocycles. The van der Waals surface area contributed by atoms with Gasteiger partial charge in [0.2, 0.25) is 0 Å². The fraction of sp³-hybridized carbons (Fsp3) is 0.304. The molecule has 0 bridgehead atoms. The van der Waals surface area contributed by atoms with Crippen molar-refractivity contribution in [1.29, 1.82) is 0 Å². The number of ether oxygens (including phenoxy) is 2. The fourth-order valence-electron chi connectivity index (χ4n) is 3.10. The van der Waals surface area contributed by atoms with Crippen molar-refractivity contribution in [3.05, 3.63) is 60.3 Å². The standard InChI is InChI=1S/C23H27N3O4S/c1-16(31(4)28)12-13-24-23(27)19-15-26(18-8-6-5-7-9-18)25-22(19)17-10-11-20(29-2)21(14-17)30-3/h5-11,14-16H,12-13H2,1-4H3,(H,24,27)/t16-,31-/m1/s1. The first-order valence-corrected chi connectivity index (χ1v) is 11.5. The minimum atomic E-state index is -0.925. The molecular formula is C23H27N3O4S. The predicted molar refractivity (Wildman–Crippen MR) is 123 cm³/mol. The third-order valence-electron chi connectivity index (χ3n) is 5.04. The van der Waals surface area contributed by atoms with Crippen molar-refractivity contribution < 1.29 is 18.5 Å². The molecule has 0 unspecified atom stereocenters. The number of aromatic nitrogens is 2. The molecule has 7 nitrogen and oxygen atoms in total. The minimum absolute atomic E-state index is 0.0117. The second-order valence-electron chi connectivity index (χ2n) is 7.10. The molecule has 3 aromatic rings. The van der Waals surface area contributed by atoms with Crippen LogP contribution in [-0.2, 0) is 10.8 Å². The molecule has 1 amide bonds. The van der Waals surface area contributed by atoms with E-state index in [1.165, 1.54) is 0 Å². The Kier molecular flexibility index (Phi) is 7.46. The number of amides is 1. The minimum Gasteiger partial charge on any atom is -0.493 e. The summed E-state index contributed by atoms with van der Waals surface area (Å²) in [7, 11) is 2.22. The van der Waals surface area contributed by atoms with Crippen LogP contribution < -0.4 is 14.8 Å². The molecule has 31 heavy (non-hydrogen) atoms. The topological polar surface area (TPSA) is 82.5 Å². The molecule has 8 heteroatoms. The van der Waals surface area contributed by atoms with Gasteiger partial charge in [0.25, 0.3) is 5.91 Å². The summed E-state index contributed by atoms with van der Waals surface area (Å²) in [6.45, 7) is 2.34. The lowest BCUT2D eigenvalue weighted by atomic mass is 10.1. The van der Waals surface area contributed by atoms with Crippen LogP contribution in [0.2, 0.25) is 0 Å².